The number of alkyl halides is 1. The summed E-state index contributed by atoms with van der Waals surface area (Å²) < 4.78 is 13.5. The van der Waals surface area contributed by atoms with E-state index in [0.29, 0.717) is 24.5 Å². The highest BCUT2D eigenvalue weighted by Crippen LogP contribution is 2.45. The summed E-state index contributed by atoms with van der Waals surface area (Å²) in [7, 11) is 2.21. The lowest BCUT2D eigenvalue weighted by Crippen LogP contribution is -2.64. The molecule has 3 rings (SSSR count). The lowest BCUT2D eigenvalue weighted by molar-refractivity contribution is -0.0936. The maximum Gasteiger partial charge on any atom is 0.133 e. The van der Waals surface area contributed by atoms with Crippen LogP contribution in [0.3, 0.4) is 0 Å². The molecule has 2 heterocycles. The topological polar surface area (TPSA) is 6.48 Å². The Morgan fingerprint density at radius 2 is 1.88 bits per heavy atom. The Morgan fingerprint density at radius 3 is 2.44 bits per heavy atom. The van der Waals surface area contributed by atoms with Crippen LogP contribution >= 0.6 is 0 Å². The zero-order valence-electron chi connectivity index (χ0n) is 10.5. The molecule has 0 amide bonds. The Hall–Kier alpha value is -0.150. The van der Waals surface area contributed by atoms with E-state index < -0.39 is 5.67 Å². The van der Waals surface area contributed by atoms with Crippen molar-refractivity contribution in [1.82, 2.24) is 9.80 Å². The van der Waals surface area contributed by atoms with Crippen LogP contribution in [0.25, 0.3) is 0 Å². The van der Waals surface area contributed by atoms with Crippen LogP contribution < -0.4 is 0 Å². The number of likely N-dealkylation sites (tertiary alicyclic amines) is 2. The minimum atomic E-state index is -0.902. The van der Waals surface area contributed by atoms with E-state index in [4.69, 9.17) is 0 Å². The molecule has 0 N–H and O–H groups in total. The number of hydrogen-bond donors (Lipinski definition) is 0. The molecule has 0 radical (unpaired) electrons. The minimum Gasteiger partial charge on any atom is -0.305 e. The molecule has 92 valence electrons. The summed E-state index contributed by atoms with van der Waals surface area (Å²) in [6.07, 6.45) is 5.35. The van der Waals surface area contributed by atoms with Crippen molar-refractivity contribution in [2.45, 2.75) is 44.3 Å². The molecule has 1 saturated carbocycles. The molecule has 1 aliphatic carbocycles. The Bertz CT molecular complexity index is 270. The van der Waals surface area contributed by atoms with Gasteiger partial charge in [-0.3, -0.25) is 4.90 Å². The van der Waals surface area contributed by atoms with E-state index in [9.17, 15) is 4.39 Å². The summed E-state index contributed by atoms with van der Waals surface area (Å²) in [5.74, 6) is 0. The Morgan fingerprint density at radius 1 is 1.19 bits per heavy atom. The molecule has 2 saturated heterocycles. The molecule has 2 nitrogen and oxygen atoms in total. The van der Waals surface area contributed by atoms with Crippen LogP contribution in [0.4, 0.5) is 4.39 Å². The highest BCUT2D eigenvalue weighted by atomic mass is 19.1. The predicted molar refractivity (Wildman–Crippen MR) is 63.3 cm³/mol. The molecule has 1 spiro atoms. The quantitative estimate of drug-likeness (QED) is 0.674. The third-order valence-electron chi connectivity index (χ3n) is 4.71. The third-order valence-corrected chi connectivity index (χ3v) is 4.71. The summed E-state index contributed by atoms with van der Waals surface area (Å²) in [4.78, 5) is 4.79. The van der Waals surface area contributed by atoms with Crippen molar-refractivity contribution in [2.24, 2.45) is 5.41 Å². The van der Waals surface area contributed by atoms with E-state index >= 15 is 0 Å². The molecule has 3 fully saturated rings. The van der Waals surface area contributed by atoms with E-state index in [1.807, 2.05) is 0 Å². The van der Waals surface area contributed by atoms with E-state index in [0.717, 1.165) is 0 Å². The summed E-state index contributed by atoms with van der Waals surface area (Å²) in [5, 5.41) is 0. The highest BCUT2D eigenvalue weighted by molar-refractivity contribution is 5.03. The van der Waals surface area contributed by atoms with Crippen LogP contribution in [0.1, 0.15) is 32.6 Å². The van der Waals surface area contributed by atoms with Crippen LogP contribution in [0.15, 0.2) is 0 Å². The van der Waals surface area contributed by atoms with Gasteiger partial charge in [0, 0.05) is 32.2 Å². The molecule has 0 aromatic carbocycles. The molecule has 3 aliphatic rings. The summed E-state index contributed by atoms with van der Waals surface area (Å²) in [6.45, 7) is 5.61. The Labute approximate surface area is 97.8 Å². The van der Waals surface area contributed by atoms with Gasteiger partial charge in [-0.1, -0.05) is 6.42 Å². The fourth-order valence-corrected chi connectivity index (χ4v) is 4.17. The van der Waals surface area contributed by atoms with Crippen molar-refractivity contribution in [3.8, 4) is 0 Å². The molecule has 2 aliphatic heterocycles. The van der Waals surface area contributed by atoms with Gasteiger partial charge in [-0.15, -0.1) is 0 Å². The molecule has 16 heavy (non-hydrogen) atoms. The monoisotopic (exact) mass is 226 g/mol. The normalized spacial score (nSPS) is 38.1. The number of nitrogens with zero attached hydrogens (tertiary/aromatic N) is 2. The second kappa shape index (κ2) is 3.42. The average Bonchev–Trinajstić information content (AvgIpc) is 2.12. The highest BCUT2D eigenvalue weighted by Gasteiger charge is 2.49. The van der Waals surface area contributed by atoms with Gasteiger partial charge in [0.1, 0.15) is 5.67 Å². The van der Waals surface area contributed by atoms with E-state index in [2.05, 4.69) is 16.8 Å². The second-order valence-corrected chi connectivity index (χ2v) is 6.74. The third kappa shape index (κ3) is 1.78. The van der Waals surface area contributed by atoms with Gasteiger partial charge in [0.25, 0.3) is 0 Å². The zero-order valence-corrected chi connectivity index (χ0v) is 10.5. The van der Waals surface area contributed by atoms with Gasteiger partial charge >= 0.3 is 0 Å². The Kier molecular flexibility index (Phi) is 2.35. The largest absolute Gasteiger partial charge is 0.305 e. The SMILES string of the molecule is CN1CC2(CCCC(N3CC(C)(F)C3)C2)C1. The fourth-order valence-electron chi connectivity index (χ4n) is 4.17. The Balaban J connectivity index is 1.57. The van der Waals surface area contributed by atoms with Crippen molar-refractivity contribution in [3.63, 3.8) is 0 Å². The molecular weight excluding hydrogens is 203 g/mol. The first kappa shape index (κ1) is 11.0. The van der Waals surface area contributed by atoms with Gasteiger partial charge in [-0.2, -0.15) is 0 Å². The van der Waals surface area contributed by atoms with Crippen LogP contribution in [0.5, 0.6) is 0 Å². The predicted octanol–water partition coefficient (Wildman–Crippen LogP) is 1.90. The van der Waals surface area contributed by atoms with Crippen LogP contribution in [0.2, 0.25) is 0 Å². The zero-order chi connectivity index (χ0) is 11.4. The lowest BCUT2D eigenvalue weighted by Gasteiger charge is -2.57. The molecule has 1 atom stereocenters. The molecule has 0 aromatic rings. The maximum absolute atomic E-state index is 13.5. The van der Waals surface area contributed by atoms with Crippen molar-refractivity contribution >= 4 is 0 Å². The van der Waals surface area contributed by atoms with E-state index in [-0.39, 0.29) is 0 Å². The number of hydrogen-bond acceptors (Lipinski definition) is 2. The standard InChI is InChI=1S/C13H23FN2/c1-12(14)7-16(8-12)11-4-3-5-13(6-11)9-15(2)10-13/h11H,3-10H2,1-2H3. The van der Waals surface area contributed by atoms with Gasteiger partial charge in [0.2, 0.25) is 0 Å². The summed E-state index contributed by atoms with van der Waals surface area (Å²) >= 11 is 0. The van der Waals surface area contributed by atoms with Crippen molar-refractivity contribution in [2.75, 3.05) is 33.2 Å². The second-order valence-electron chi connectivity index (χ2n) is 6.74. The van der Waals surface area contributed by atoms with Crippen LogP contribution in [-0.2, 0) is 0 Å². The fraction of sp³-hybridized carbons (Fsp3) is 1.00. The van der Waals surface area contributed by atoms with Crippen molar-refractivity contribution in [3.05, 3.63) is 0 Å². The van der Waals surface area contributed by atoms with E-state index in [1.165, 1.54) is 38.8 Å². The van der Waals surface area contributed by atoms with Crippen molar-refractivity contribution < 1.29 is 4.39 Å². The van der Waals surface area contributed by atoms with Crippen LogP contribution in [-0.4, -0.2) is 54.7 Å². The first-order chi connectivity index (χ1) is 7.48. The first-order valence-corrected chi connectivity index (χ1v) is 6.60. The first-order valence-electron chi connectivity index (χ1n) is 6.60. The van der Waals surface area contributed by atoms with Gasteiger partial charge in [0.05, 0.1) is 0 Å². The van der Waals surface area contributed by atoms with Crippen molar-refractivity contribution in [1.29, 1.82) is 0 Å². The maximum atomic E-state index is 13.5. The minimum absolute atomic E-state index is 0.597. The smallest absolute Gasteiger partial charge is 0.133 e. The molecular formula is C13H23FN2. The van der Waals surface area contributed by atoms with Gasteiger partial charge in [-0.25, -0.2) is 4.39 Å². The number of rotatable bonds is 1. The lowest BCUT2D eigenvalue weighted by atomic mass is 9.66. The molecule has 1 unspecified atom stereocenters. The molecule has 0 bridgehead atoms. The average molecular weight is 226 g/mol. The van der Waals surface area contributed by atoms with Gasteiger partial charge in [0.15, 0.2) is 0 Å². The van der Waals surface area contributed by atoms with E-state index in [1.54, 1.807) is 6.92 Å². The number of halogens is 1. The van der Waals surface area contributed by atoms with Gasteiger partial charge in [-0.05, 0) is 38.6 Å². The van der Waals surface area contributed by atoms with Gasteiger partial charge < -0.3 is 4.90 Å². The molecule has 3 heteroatoms. The van der Waals surface area contributed by atoms with Crippen LogP contribution in [0, 0.1) is 5.41 Å². The summed E-state index contributed by atoms with van der Waals surface area (Å²) in [6, 6.07) is 0.672. The molecule has 0 aromatic heterocycles. The summed E-state index contributed by atoms with van der Waals surface area (Å²) in [5.41, 5.74) is -0.305.